The first-order valence-corrected chi connectivity index (χ1v) is 5.99. The number of carboxylic acid groups (broad SMARTS) is 1. The van der Waals surface area contributed by atoms with Gasteiger partial charge in [-0.15, -0.1) is 0 Å². The SMILES string of the molecule is CCC(CC)(Nc1nccc(C)c1[N+](=O)[O-])C(=O)O. The van der Waals surface area contributed by atoms with Gasteiger partial charge >= 0.3 is 11.7 Å². The lowest BCUT2D eigenvalue weighted by Crippen LogP contribution is -2.45. The molecule has 7 heteroatoms. The van der Waals surface area contributed by atoms with Crippen molar-refractivity contribution in [1.82, 2.24) is 4.98 Å². The van der Waals surface area contributed by atoms with Gasteiger partial charge in [-0.3, -0.25) is 10.1 Å². The number of aryl methyl sites for hydroxylation is 1. The van der Waals surface area contributed by atoms with Gasteiger partial charge in [0.05, 0.1) is 4.92 Å². The van der Waals surface area contributed by atoms with Crippen molar-refractivity contribution in [3.05, 3.63) is 27.9 Å². The average molecular weight is 267 g/mol. The number of nitro groups is 1. The Kier molecular flexibility index (Phi) is 4.42. The third kappa shape index (κ3) is 2.81. The van der Waals surface area contributed by atoms with E-state index in [1.165, 1.54) is 12.3 Å². The number of hydrogen-bond acceptors (Lipinski definition) is 5. The second kappa shape index (κ2) is 5.64. The third-order valence-electron chi connectivity index (χ3n) is 3.28. The topological polar surface area (TPSA) is 105 Å². The molecule has 0 fully saturated rings. The summed E-state index contributed by atoms with van der Waals surface area (Å²) in [4.78, 5) is 25.8. The normalized spacial score (nSPS) is 11.1. The Balaban J connectivity index is 3.28. The highest BCUT2D eigenvalue weighted by molar-refractivity contribution is 5.83. The average Bonchev–Trinajstić information content (AvgIpc) is 2.35. The molecular formula is C12H17N3O4. The number of rotatable bonds is 6. The van der Waals surface area contributed by atoms with E-state index >= 15 is 0 Å². The van der Waals surface area contributed by atoms with Crippen LogP contribution < -0.4 is 5.32 Å². The number of nitrogens with zero attached hydrogens (tertiary/aromatic N) is 2. The second-order valence-electron chi connectivity index (χ2n) is 4.30. The molecule has 0 aliphatic carbocycles. The van der Waals surface area contributed by atoms with Crippen LogP contribution in [0.4, 0.5) is 11.5 Å². The molecule has 0 amide bonds. The van der Waals surface area contributed by atoms with Crippen molar-refractivity contribution >= 4 is 17.5 Å². The fourth-order valence-electron chi connectivity index (χ4n) is 1.88. The van der Waals surface area contributed by atoms with Crippen molar-refractivity contribution in [2.45, 2.75) is 39.2 Å². The van der Waals surface area contributed by atoms with Crippen LogP contribution in [0, 0.1) is 17.0 Å². The van der Waals surface area contributed by atoms with E-state index in [0.29, 0.717) is 18.4 Å². The summed E-state index contributed by atoms with van der Waals surface area (Å²) >= 11 is 0. The molecule has 2 N–H and O–H groups in total. The minimum absolute atomic E-state index is 0.00361. The predicted octanol–water partition coefficient (Wildman–Crippen LogP) is 2.35. The van der Waals surface area contributed by atoms with Crippen LogP contribution in [0.15, 0.2) is 12.3 Å². The summed E-state index contributed by atoms with van der Waals surface area (Å²) in [5.41, 5.74) is -0.991. The van der Waals surface area contributed by atoms with E-state index < -0.39 is 16.4 Å². The number of carbonyl (C=O) groups is 1. The molecular weight excluding hydrogens is 250 g/mol. The van der Waals surface area contributed by atoms with Crippen molar-refractivity contribution in [3.8, 4) is 0 Å². The highest BCUT2D eigenvalue weighted by Gasteiger charge is 2.37. The van der Waals surface area contributed by atoms with Crippen LogP contribution >= 0.6 is 0 Å². The molecule has 1 rings (SSSR count). The van der Waals surface area contributed by atoms with Gasteiger partial charge in [-0.1, -0.05) is 13.8 Å². The summed E-state index contributed by atoms with van der Waals surface area (Å²) in [5, 5.41) is 23.1. The van der Waals surface area contributed by atoms with Crippen LogP contribution in [0.1, 0.15) is 32.3 Å². The Morgan fingerprint density at radius 2 is 2.11 bits per heavy atom. The van der Waals surface area contributed by atoms with E-state index in [2.05, 4.69) is 10.3 Å². The number of aromatic nitrogens is 1. The quantitative estimate of drug-likeness (QED) is 0.605. The largest absolute Gasteiger partial charge is 0.480 e. The molecule has 0 aliphatic rings. The highest BCUT2D eigenvalue weighted by atomic mass is 16.6. The van der Waals surface area contributed by atoms with Crippen LogP contribution in [-0.4, -0.2) is 26.5 Å². The van der Waals surface area contributed by atoms with E-state index in [9.17, 15) is 20.0 Å². The highest BCUT2D eigenvalue weighted by Crippen LogP contribution is 2.30. The number of nitrogens with one attached hydrogen (secondary N) is 1. The maximum atomic E-state index is 11.4. The van der Waals surface area contributed by atoms with Gasteiger partial charge < -0.3 is 10.4 Å². The summed E-state index contributed by atoms with van der Waals surface area (Å²) in [5.74, 6) is -1.05. The molecule has 0 saturated heterocycles. The molecule has 7 nitrogen and oxygen atoms in total. The van der Waals surface area contributed by atoms with Crippen molar-refractivity contribution in [2.24, 2.45) is 0 Å². The van der Waals surface area contributed by atoms with Gasteiger partial charge in [0.1, 0.15) is 5.54 Å². The summed E-state index contributed by atoms with van der Waals surface area (Å²) in [6.45, 7) is 5.02. The molecule has 1 aromatic rings. The molecule has 0 spiro atoms. The fraction of sp³-hybridized carbons (Fsp3) is 0.500. The summed E-state index contributed by atoms with van der Waals surface area (Å²) in [6, 6.07) is 1.52. The van der Waals surface area contributed by atoms with Gasteiger partial charge in [0, 0.05) is 11.8 Å². The first kappa shape index (κ1) is 14.9. The van der Waals surface area contributed by atoms with Crippen LogP contribution in [0.5, 0.6) is 0 Å². The van der Waals surface area contributed by atoms with Crippen LogP contribution in [0.2, 0.25) is 0 Å². The summed E-state index contributed by atoms with van der Waals surface area (Å²) < 4.78 is 0. The number of pyridine rings is 1. The maximum absolute atomic E-state index is 11.4. The minimum Gasteiger partial charge on any atom is -0.480 e. The Labute approximate surface area is 110 Å². The fourth-order valence-corrected chi connectivity index (χ4v) is 1.88. The lowest BCUT2D eigenvalue weighted by atomic mass is 9.93. The molecule has 0 bridgehead atoms. The smallest absolute Gasteiger partial charge is 0.329 e. The first-order valence-electron chi connectivity index (χ1n) is 5.99. The molecule has 0 saturated carbocycles. The zero-order chi connectivity index (χ0) is 14.6. The maximum Gasteiger partial charge on any atom is 0.329 e. The Hall–Kier alpha value is -2.18. The molecule has 1 heterocycles. The Morgan fingerprint density at radius 1 is 1.53 bits per heavy atom. The van der Waals surface area contributed by atoms with Gasteiger partial charge in [-0.25, -0.2) is 9.78 Å². The molecule has 0 unspecified atom stereocenters. The third-order valence-corrected chi connectivity index (χ3v) is 3.28. The number of anilines is 1. The van der Waals surface area contributed by atoms with E-state index in [1.54, 1.807) is 20.8 Å². The van der Waals surface area contributed by atoms with E-state index in [-0.39, 0.29) is 11.5 Å². The lowest BCUT2D eigenvalue weighted by Gasteiger charge is -2.28. The Bertz CT molecular complexity index is 498. The molecule has 0 aromatic carbocycles. The van der Waals surface area contributed by atoms with Gasteiger partial charge in [0.2, 0.25) is 5.82 Å². The van der Waals surface area contributed by atoms with E-state index in [1.807, 2.05) is 0 Å². The van der Waals surface area contributed by atoms with Gasteiger partial charge in [0.15, 0.2) is 0 Å². The van der Waals surface area contributed by atoms with Crippen LogP contribution in [0.25, 0.3) is 0 Å². The number of aliphatic carboxylic acids is 1. The van der Waals surface area contributed by atoms with E-state index in [0.717, 1.165) is 0 Å². The van der Waals surface area contributed by atoms with E-state index in [4.69, 9.17) is 0 Å². The standard InChI is InChI=1S/C12H17N3O4/c1-4-12(5-2,11(16)17)14-10-9(15(18)19)8(3)6-7-13-10/h6-7H,4-5H2,1-3H3,(H,13,14)(H,16,17). The molecule has 104 valence electrons. The van der Waals surface area contributed by atoms with Crippen molar-refractivity contribution in [1.29, 1.82) is 0 Å². The summed E-state index contributed by atoms with van der Waals surface area (Å²) in [6.07, 6.45) is 2.01. The van der Waals surface area contributed by atoms with Crippen LogP contribution in [-0.2, 0) is 4.79 Å². The first-order chi connectivity index (χ1) is 8.88. The van der Waals surface area contributed by atoms with Gasteiger partial charge in [-0.05, 0) is 25.8 Å². The van der Waals surface area contributed by atoms with Crippen LogP contribution in [0.3, 0.4) is 0 Å². The van der Waals surface area contributed by atoms with Gasteiger partial charge in [0.25, 0.3) is 0 Å². The molecule has 0 radical (unpaired) electrons. The minimum atomic E-state index is -1.24. The Morgan fingerprint density at radius 3 is 2.53 bits per heavy atom. The monoisotopic (exact) mass is 267 g/mol. The number of carboxylic acids is 1. The molecule has 0 aliphatic heterocycles. The lowest BCUT2D eigenvalue weighted by molar-refractivity contribution is -0.384. The van der Waals surface area contributed by atoms with Gasteiger partial charge in [-0.2, -0.15) is 0 Å². The summed E-state index contributed by atoms with van der Waals surface area (Å²) in [7, 11) is 0. The second-order valence-corrected chi connectivity index (χ2v) is 4.30. The van der Waals surface area contributed by atoms with Crippen molar-refractivity contribution in [2.75, 3.05) is 5.32 Å². The molecule has 1 aromatic heterocycles. The zero-order valence-corrected chi connectivity index (χ0v) is 11.1. The predicted molar refractivity (Wildman–Crippen MR) is 70.2 cm³/mol. The molecule has 0 atom stereocenters. The zero-order valence-electron chi connectivity index (χ0n) is 11.1. The van der Waals surface area contributed by atoms with Crippen molar-refractivity contribution < 1.29 is 14.8 Å². The number of hydrogen-bond donors (Lipinski definition) is 2. The van der Waals surface area contributed by atoms with Crippen molar-refractivity contribution in [3.63, 3.8) is 0 Å². The molecule has 19 heavy (non-hydrogen) atoms.